The Morgan fingerprint density at radius 2 is 1.76 bits per heavy atom. The molecule has 0 fully saturated rings. The molecule has 2 nitrogen and oxygen atoms in total. The van der Waals surface area contributed by atoms with Gasteiger partial charge in [-0.25, -0.2) is 4.98 Å². The van der Waals surface area contributed by atoms with Crippen molar-refractivity contribution < 1.29 is 0 Å². The summed E-state index contributed by atoms with van der Waals surface area (Å²) in [5, 5.41) is 2.40. The van der Waals surface area contributed by atoms with E-state index in [1.807, 2.05) is 36.4 Å². The van der Waals surface area contributed by atoms with Crippen molar-refractivity contribution in [2.24, 2.45) is 5.73 Å². The monoisotopic (exact) mass is 336 g/mol. The fourth-order valence-corrected chi connectivity index (χ4v) is 3.94. The van der Waals surface area contributed by atoms with Crippen molar-refractivity contribution >= 4 is 44.8 Å². The smallest absolute Gasteiger partial charge is 0.0985 e. The first-order chi connectivity index (χ1) is 10.2. The molecule has 108 valence electrons. The number of thiazole rings is 1. The summed E-state index contributed by atoms with van der Waals surface area (Å²) in [5.74, 6) is 0.125. The number of aromatic nitrogens is 1. The van der Waals surface area contributed by atoms with Gasteiger partial charge in [0, 0.05) is 22.5 Å². The molecule has 1 heterocycles. The topological polar surface area (TPSA) is 38.9 Å². The van der Waals surface area contributed by atoms with Gasteiger partial charge in [0.05, 0.1) is 15.2 Å². The normalized spacial score (nSPS) is 12.7. The number of rotatable bonds is 4. The van der Waals surface area contributed by atoms with Crippen molar-refractivity contribution in [3.63, 3.8) is 0 Å². The molecule has 0 aliphatic rings. The zero-order chi connectivity index (χ0) is 14.8. The second-order valence-corrected chi connectivity index (χ2v) is 6.73. The van der Waals surface area contributed by atoms with Crippen LogP contribution in [0.3, 0.4) is 0 Å². The summed E-state index contributed by atoms with van der Waals surface area (Å²) in [5.41, 5.74) is 7.91. The largest absolute Gasteiger partial charge is 0.330 e. The molecule has 1 atom stereocenters. The molecular weight excluding hydrogens is 323 g/mol. The van der Waals surface area contributed by atoms with Crippen LogP contribution in [0, 0.1) is 0 Å². The number of nitrogens with two attached hydrogens (primary N) is 1. The minimum Gasteiger partial charge on any atom is -0.330 e. The van der Waals surface area contributed by atoms with Gasteiger partial charge in [-0.05, 0) is 36.2 Å². The van der Waals surface area contributed by atoms with Crippen LogP contribution in [0.25, 0.3) is 10.2 Å². The van der Waals surface area contributed by atoms with Crippen molar-refractivity contribution in [3.05, 3.63) is 63.1 Å². The molecule has 0 amide bonds. The van der Waals surface area contributed by atoms with Gasteiger partial charge in [0.2, 0.25) is 0 Å². The van der Waals surface area contributed by atoms with Gasteiger partial charge in [0.1, 0.15) is 0 Å². The number of hydrogen-bond acceptors (Lipinski definition) is 3. The Morgan fingerprint density at radius 3 is 2.43 bits per heavy atom. The van der Waals surface area contributed by atoms with Gasteiger partial charge in [-0.15, -0.1) is 11.3 Å². The molecule has 0 radical (unpaired) electrons. The van der Waals surface area contributed by atoms with Crippen LogP contribution < -0.4 is 5.73 Å². The highest BCUT2D eigenvalue weighted by molar-refractivity contribution is 7.18. The molecule has 0 aliphatic carbocycles. The molecule has 0 spiro atoms. The molecule has 2 aromatic carbocycles. The van der Waals surface area contributed by atoms with Crippen LogP contribution in [0.5, 0.6) is 0 Å². The van der Waals surface area contributed by atoms with Gasteiger partial charge >= 0.3 is 0 Å². The van der Waals surface area contributed by atoms with Crippen molar-refractivity contribution in [2.45, 2.75) is 12.3 Å². The van der Waals surface area contributed by atoms with Crippen molar-refractivity contribution in [1.29, 1.82) is 0 Å². The van der Waals surface area contributed by atoms with Crippen LogP contribution in [0.4, 0.5) is 0 Å². The van der Waals surface area contributed by atoms with Crippen molar-refractivity contribution in [1.82, 2.24) is 4.98 Å². The summed E-state index contributed by atoms with van der Waals surface area (Å²) < 4.78 is 1.18. The molecule has 0 aliphatic heterocycles. The molecule has 1 unspecified atom stereocenters. The molecular formula is C16H14Cl2N2S. The average molecular weight is 337 g/mol. The minimum absolute atomic E-state index is 0.125. The molecule has 1 aromatic heterocycles. The van der Waals surface area contributed by atoms with Crippen LogP contribution >= 0.6 is 34.5 Å². The zero-order valence-corrected chi connectivity index (χ0v) is 13.6. The molecule has 3 aromatic rings. The van der Waals surface area contributed by atoms with Crippen molar-refractivity contribution in [2.75, 3.05) is 6.54 Å². The van der Waals surface area contributed by atoms with Crippen LogP contribution in [-0.4, -0.2) is 11.5 Å². The van der Waals surface area contributed by atoms with Gasteiger partial charge in [0.15, 0.2) is 0 Å². The predicted molar refractivity (Wildman–Crippen MR) is 91.6 cm³/mol. The maximum atomic E-state index is 6.25. The van der Waals surface area contributed by atoms with E-state index in [2.05, 4.69) is 6.07 Å². The number of hydrogen-bond donors (Lipinski definition) is 1. The Bertz CT molecular complexity index is 717. The first-order valence-electron chi connectivity index (χ1n) is 6.67. The number of benzene rings is 2. The Labute approximate surface area is 137 Å². The molecule has 0 saturated carbocycles. The van der Waals surface area contributed by atoms with Gasteiger partial charge in [-0.1, -0.05) is 41.4 Å². The van der Waals surface area contributed by atoms with E-state index in [1.165, 1.54) is 4.70 Å². The first kappa shape index (κ1) is 14.8. The van der Waals surface area contributed by atoms with Crippen LogP contribution in [0.15, 0.2) is 42.5 Å². The summed E-state index contributed by atoms with van der Waals surface area (Å²) >= 11 is 14.2. The van der Waals surface area contributed by atoms with Crippen LogP contribution in [-0.2, 0) is 6.42 Å². The van der Waals surface area contributed by atoms with Crippen LogP contribution in [0.2, 0.25) is 10.0 Å². The van der Waals surface area contributed by atoms with Crippen LogP contribution in [0.1, 0.15) is 16.5 Å². The Hall–Kier alpha value is -1.13. The van der Waals surface area contributed by atoms with Gasteiger partial charge in [-0.3, -0.25) is 0 Å². The standard InChI is InChI=1S/C16H14Cl2N2S/c17-12-4-3-5-13(18)11(12)8-10(9-19)16-20-14-6-1-2-7-15(14)21-16/h1-7,10H,8-9,19H2. The van der Waals surface area contributed by atoms with E-state index in [0.717, 1.165) is 16.1 Å². The first-order valence-corrected chi connectivity index (χ1v) is 8.24. The third-order valence-electron chi connectivity index (χ3n) is 3.46. The van der Waals surface area contributed by atoms with E-state index in [9.17, 15) is 0 Å². The summed E-state index contributed by atoms with van der Waals surface area (Å²) in [7, 11) is 0. The SMILES string of the molecule is NCC(Cc1c(Cl)cccc1Cl)c1nc2ccccc2s1. The highest BCUT2D eigenvalue weighted by Crippen LogP contribution is 2.33. The molecule has 0 bridgehead atoms. The van der Waals surface area contributed by atoms with E-state index in [4.69, 9.17) is 33.9 Å². The zero-order valence-electron chi connectivity index (χ0n) is 11.2. The van der Waals surface area contributed by atoms with E-state index in [1.54, 1.807) is 11.3 Å². The fourth-order valence-electron chi connectivity index (χ4n) is 2.31. The van der Waals surface area contributed by atoms with E-state index in [-0.39, 0.29) is 5.92 Å². The summed E-state index contributed by atoms with van der Waals surface area (Å²) in [4.78, 5) is 4.69. The average Bonchev–Trinajstić information content (AvgIpc) is 2.90. The molecule has 2 N–H and O–H groups in total. The third kappa shape index (κ3) is 3.06. The lowest BCUT2D eigenvalue weighted by molar-refractivity contribution is 0.691. The Balaban J connectivity index is 1.95. The molecule has 21 heavy (non-hydrogen) atoms. The molecule has 5 heteroatoms. The Morgan fingerprint density at radius 1 is 1.05 bits per heavy atom. The number of fused-ring (bicyclic) bond motifs is 1. The fraction of sp³-hybridized carbons (Fsp3) is 0.188. The number of halogens is 2. The highest BCUT2D eigenvalue weighted by Gasteiger charge is 2.18. The predicted octanol–water partition coefficient (Wildman–Crippen LogP) is 4.89. The maximum Gasteiger partial charge on any atom is 0.0985 e. The highest BCUT2D eigenvalue weighted by atomic mass is 35.5. The maximum absolute atomic E-state index is 6.25. The van der Waals surface area contributed by atoms with Gasteiger partial charge < -0.3 is 5.73 Å². The van der Waals surface area contributed by atoms with E-state index in [0.29, 0.717) is 23.0 Å². The molecule has 3 rings (SSSR count). The second-order valence-electron chi connectivity index (χ2n) is 4.86. The second kappa shape index (κ2) is 6.32. The summed E-state index contributed by atoms with van der Waals surface area (Å²) in [6.07, 6.45) is 0.703. The van der Waals surface area contributed by atoms with E-state index < -0.39 is 0 Å². The lowest BCUT2D eigenvalue weighted by Gasteiger charge is -2.14. The number of para-hydroxylation sites is 1. The molecule has 0 saturated heterocycles. The lowest BCUT2D eigenvalue weighted by Crippen LogP contribution is -2.15. The van der Waals surface area contributed by atoms with Gasteiger partial charge in [0.25, 0.3) is 0 Å². The lowest BCUT2D eigenvalue weighted by atomic mass is 10.00. The van der Waals surface area contributed by atoms with E-state index >= 15 is 0 Å². The van der Waals surface area contributed by atoms with Gasteiger partial charge in [-0.2, -0.15) is 0 Å². The quantitative estimate of drug-likeness (QED) is 0.736. The Kier molecular flexibility index (Phi) is 4.45. The summed E-state index contributed by atoms with van der Waals surface area (Å²) in [6.45, 7) is 0.515. The van der Waals surface area contributed by atoms with Crippen molar-refractivity contribution in [3.8, 4) is 0 Å². The summed E-state index contributed by atoms with van der Waals surface area (Å²) in [6, 6.07) is 13.7. The minimum atomic E-state index is 0.125. The number of nitrogens with zero attached hydrogens (tertiary/aromatic N) is 1. The third-order valence-corrected chi connectivity index (χ3v) is 5.36.